The summed E-state index contributed by atoms with van der Waals surface area (Å²) in [6.45, 7) is 3.10. The fourth-order valence-electron chi connectivity index (χ4n) is 1.64. The molecule has 1 rings (SSSR count). The molecule has 0 aliphatic carbocycles. The van der Waals surface area contributed by atoms with Crippen molar-refractivity contribution in [2.24, 2.45) is 0 Å². The van der Waals surface area contributed by atoms with Crippen LogP contribution >= 0.6 is 0 Å². The van der Waals surface area contributed by atoms with Crippen LogP contribution in [0.25, 0.3) is 0 Å². The molecule has 1 atom stereocenters. The highest BCUT2D eigenvalue weighted by molar-refractivity contribution is 5.80. The number of carbonyl (C=O) groups is 2. The van der Waals surface area contributed by atoms with Gasteiger partial charge in [-0.05, 0) is 39.2 Å². The van der Waals surface area contributed by atoms with Gasteiger partial charge in [-0.3, -0.25) is 0 Å². The number of carboxylic acid groups (broad SMARTS) is 1. The number of carbonyl (C=O) groups excluding carboxylic acids is 1. The second-order valence-corrected chi connectivity index (χ2v) is 5.21. The van der Waals surface area contributed by atoms with Crippen molar-refractivity contribution in [3.63, 3.8) is 0 Å². The minimum absolute atomic E-state index is 0.0951. The van der Waals surface area contributed by atoms with Gasteiger partial charge >= 0.3 is 12.1 Å². The van der Waals surface area contributed by atoms with Gasteiger partial charge in [0.05, 0.1) is 0 Å². The lowest BCUT2D eigenvalue weighted by atomic mass is 10.1. The number of ether oxygens (including phenoxy) is 1. The summed E-state index contributed by atoms with van der Waals surface area (Å²) < 4.78 is 12.3. The molecule has 0 radical (unpaired) electrons. The summed E-state index contributed by atoms with van der Waals surface area (Å²) >= 11 is 0. The van der Waals surface area contributed by atoms with Gasteiger partial charge in [-0.15, -0.1) is 0 Å². The van der Waals surface area contributed by atoms with E-state index >= 15 is 0 Å². The lowest BCUT2D eigenvalue weighted by Crippen LogP contribution is -2.43. The van der Waals surface area contributed by atoms with Gasteiger partial charge in [-0.1, -0.05) is 30.3 Å². The fourth-order valence-corrected chi connectivity index (χ4v) is 1.64. The number of rotatable bonds is 5. The minimum atomic E-state index is -1.11. The average molecular weight is 280 g/mol. The lowest BCUT2D eigenvalue weighted by Gasteiger charge is -2.22. The molecule has 0 unspecified atom stereocenters. The van der Waals surface area contributed by atoms with Crippen molar-refractivity contribution in [3.05, 3.63) is 35.9 Å². The molecule has 1 aromatic rings. The third kappa shape index (κ3) is 6.22. The minimum Gasteiger partial charge on any atom is -0.480 e. The first-order valence-corrected chi connectivity index (χ1v) is 6.39. The Morgan fingerprint density at radius 1 is 1.40 bits per heavy atom. The Bertz CT molecular complexity index is 476. The van der Waals surface area contributed by atoms with Gasteiger partial charge in [-0.25, -0.2) is 9.59 Å². The number of benzene rings is 1. The van der Waals surface area contributed by atoms with Crippen LogP contribution in [0, 0.1) is 0 Å². The predicted molar refractivity (Wildman–Crippen MR) is 75.6 cm³/mol. The summed E-state index contributed by atoms with van der Waals surface area (Å²) in [4.78, 5) is 22.8. The normalized spacial score (nSPS) is 13.2. The molecule has 0 bridgehead atoms. The van der Waals surface area contributed by atoms with Crippen LogP contribution in [-0.4, -0.2) is 28.8 Å². The number of carboxylic acids is 1. The standard InChI is InChI=1S/C15H21NO4/c1-15(2,3)20-14(19)16-12(13(17)18)10-9-11-7-5-4-6-8-11/h4-8,12H,9-10H2,1-3H3,(H,16,19)(H,17,18)/t12-/m0/s1/i1D. The Morgan fingerprint density at radius 2 is 2.05 bits per heavy atom. The first-order valence-electron chi connectivity index (χ1n) is 7.10. The van der Waals surface area contributed by atoms with Crippen LogP contribution in [0.15, 0.2) is 30.3 Å². The van der Waals surface area contributed by atoms with Crippen molar-refractivity contribution in [1.29, 1.82) is 0 Å². The van der Waals surface area contributed by atoms with E-state index in [1.165, 1.54) is 0 Å². The van der Waals surface area contributed by atoms with E-state index in [4.69, 9.17) is 11.2 Å². The molecule has 0 aromatic heterocycles. The lowest BCUT2D eigenvalue weighted by molar-refractivity contribution is -0.139. The van der Waals surface area contributed by atoms with Crippen molar-refractivity contribution in [2.45, 2.75) is 45.2 Å². The van der Waals surface area contributed by atoms with E-state index in [-0.39, 0.29) is 13.3 Å². The third-order valence-corrected chi connectivity index (χ3v) is 2.52. The largest absolute Gasteiger partial charge is 0.480 e. The molecule has 110 valence electrons. The van der Waals surface area contributed by atoms with Crippen LogP contribution < -0.4 is 5.32 Å². The molecule has 1 amide bonds. The zero-order valence-electron chi connectivity index (χ0n) is 12.8. The maximum atomic E-state index is 11.7. The Hall–Kier alpha value is -2.04. The van der Waals surface area contributed by atoms with Gasteiger partial charge in [0.2, 0.25) is 0 Å². The topological polar surface area (TPSA) is 75.6 Å². The van der Waals surface area contributed by atoms with E-state index in [0.29, 0.717) is 6.42 Å². The summed E-state index contributed by atoms with van der Waals surface area (Å²) in [6, 6.07) is 8.43. The molecule has 20 heavy (non-hydrogen) atoms. The van der Waals surface area contributed by atoms with Gasteiger partial charge in [0.15, 0.2) is 0 Å². The Kier molecular flexibility index (Phi) is 4.98. The van der Waals surface area contributed by atoms with Crippen LogP contribution in [0.1, 0.15) is 34.1 Å². The van der Waals surface area contributed by atoms with Crippen molar-refractivity contribution in [3.8, 4) is 0 Å². The molecule has 0 fully saturated rings. The number of alkyl carbamates (subject to hydrolysis) is 1. The quantitative estimate of drug-likeness (QED) is 0.869. The first-order chi connectivity index (χ1) is 9.84. The molecule has 2 N–H and O–H groups in total. The highest BCUT2D eigenvalue weighted by atomic mass is 16.6. The van der Waals surface area contributed by atoms with Crippen molar-refractivity contribution < 1.29 is 20.8 Å². The van der Waals surface area contributed by atoms with E-state index in [1.807, 2.05) is 30.3 Å². The average Bonchev–Trinajstić information content (AvgIpc) is 2.43. The molecule has 0 heterocycles. The Labute approximate surface area is 120 Å². The molecular formula is C15H21NO4. The maximum absolute atomic E-state index is 11.7. The number of amides is 1. The van der Waals surface area contributed by atoms with Gasteiger partial charge in [0.25, 0.3) is 0 Å². The van der Waals surface area contributed by atoms with E-state index < -0.39 is 23.7 Å². The number of aliphatic carboxylic acids is 1. The Balaban J connectivity index is 2.54. The summed E-state index contributed by atoms with van der Waals surface area (Å²) in [5.41, 5.74) is 0.0671. The molecule has 5 heteroatoms. The van der Waals surface area contributed by atoms with Crippen molar-refractivity contribution >= 4 is 12.1 Å². The molecule has 5 nitrogen and oxygen atoms in total. The summed E-state index contributed by atoms with van der Waals surface area (Å²) in [7, 11) is 0. The number of hydrogen-bond donors (Lipinski definition) is 2. The van der Waals surface area contributed by atoms with Gasteiger partial charge in [0, 0.05) is 1.37 Å². The van der Waals surface area contributed by atoms with E-state index in [1.54, 1.807) is 13.8 Å². The van der Waals surface area contributed by atoms with E-state index in [2.05, 4.69) is 5.32 Å². The molecule has 0 saturated heterocycles. The molecule has 0 aliphatic heterocycles. The van der Waals surface area contributed by atoms with Gasteiger partial charge in [0.1, 0.15) is 11.6 Å². The van der Waals surface area contributed by atoms with E-state index in [9.17, 15) is 9.59 Å². The smallest absolute Gasteiger partial charge is 0.408 e. The van der Waals surface area contributed by atoms with Crippen molar-refractivity contribution in [1.82, 2.24) is 5.32 Å². The highest BCUT2D eigenvalue weighted by Crippen LogP contribution is 2.09. The molecular weight excluding hydrogens is 258 g/mol. The number of nitrogens with one attached hydrogen (secondary N) is 1. The Morgan fingerprint density at radius 3 is 2.60 bits per heavy atom. The van der Waals surface area contributed by atoms with Crippen LogP contribution in [0.3, 0.4) is 0 Å². The van der Waals surface area contributed by atoms with Crippen LogP contribution in [0.2, 0.25) is 0 Å². The number of aryl methyl sites for hydroxylation is 1. The second kappa shape index (κ2) is 6.93. The first kappa shape index (κ1) is 14.4. The molecule has 0 saturated carbocycles. The van der Waals surface area contributed by atoms with Gasteiger partial charge in [-0.2, -0.15) is 0 Å². The van der Waals surface area contributed by atoms with Crippen molar-refractivity contribution in [2.75, 3.05) is 0 Å². The highest BCUT2D eigenvalue weighted by Gasteiger charge is 2.23. The molecule has 1 aromatic carbocycles. The van der Waals surface area contributed by atoms with Crippen LogP contribution in [0.5, 0.6) is 0 Å². The summed E-state index contributed by atoms with van der Waals surface area (Å²) in [6.07, 6.45) is 0.00285. The number of hydrogen-bond acceptors (Lipinski definition) is 3. The predicted octanol–water partition coefficient (Wildman–Crippen LogP) is 2.60. The van der Waals surface area contributed by atoms with Crippen LogP contribution in [0.4, 0.5) is 4.79 Å². The summed E-state index contributed by atoms with van der Waals surface area (Å²) in [5.74, 6) is -1.11. The maximum Gasteiger partial charge on any atom is 0.408 e. The third-order valence-electron chi connectivity index (χ3n) is 2.52. The SMILES string of the molecule is [2H]CC(C)(C)OC(=O)N[C@@H](CCc1ccccc1)C(=O)O. The second-order valence-electron chi connectivity index (χ2n) is 5.21. The van der Waals surface area contributed by atoms with E-state index in [0.717, 1.165) is 5.56 Å². The molecule has 0 spiro atoms. The van der Waals surface area contributed by atoms with Crippen LogP contribution in [-0.2, 0) is 16.0 Å². The zero-order chi connectivity index (χ0) is 15.9. The fraction of sp³-hybridized carbons (Fsp3) is 0.467. The zero-order valence-corrected chi connectivity index (χ0v) is 11.8. The monoisotopic (exact) mass is 280 g/mol. The molecule has 0 aliphatic rings. The summed E-state index contributed by atoms with van der Waals surface area (Å²) in [5, 5.41) is 11.5. The van der Waals surface area contributed by atoms with Gasteiger partial charge < -0.3 is 15.2 Å².